The summed E-state index contributed by atoms with van der Waals surface area (Å²) >= 11 is 0. The van der Waals surface area contributed by atoms with Crippen molar-refractivity contribution in [1.29, 1.82) is 0 Å². The first-order valence-electron chi connectivity index (χ1n) is 7.22. The molecule has 2 atom stereocenters. The number of carbonyl (C=O) groups is 1. The van der Waals surface area contributed by atoms with Gasteiger partial charge in [0.05, 0.1) is 0 Å². The summed E-state index contributed by atoms with van der Waals surface area (Å²) in [5, 5.41) is 3.39. The van der Waals surface area contributed by atoms with E-state index in [1.165, 1.54) is 12.8 Å². The molecular formula is C14H26N2O. The van der Waals surface area contributed by atoms with Gasteiger partial charge in [0.2, 0.25) is 5.91 Å². The highest BCUT2D eigenvalue weighted by molar-refractivity contribution is 5.81. The van der Waals surface area contributed by atoms with Crippen molar-refractivity contribution in [3.8, 4) is 0 Å². The second-order valence-corrected chi connectivity index (χ2v) is 5.80. The zero-order valence-electron chi connectivity index (χ0n) is 11.2. The van der Waals surface area contributed by atoms with E-state index in [-0.39, 0.29) is 0 Å². The molecular weight excluding hydrogens is 212 g/mol. The molecule has 98 valence electrons. The molecule has 0 spiro atoms. The van der Waals surface area contributed by atoms with Crippen LogP contribution in [0.15, 0.2) is 0 Å². The van der Waals surface area contributed by atoms with Crippen LogP contribution in [0, 0.1) is 17.8 Å². The van der Waals surface area contributed by atoms with Crippen molar-refractivity contribution in [1.82, 2.24) is 10.2 Å². The molecule has 1 heterocycles. The van der Waals surface area contributed by atoms with Gasteiger partial charge in [0.15, 0.2) is 0 Å². The number of piperidine rings is 1. The predicted octanol–water partition coefficient (Wildman–Crippen LogP) is 1.88. The smallest absolute Gasteiger partial charge is 0.225 e. The van der Waals surface area contributed by atoms with Crippen LogP contribution in [-0.4, -0.2) is 37.0 Å². The maximum absolute atomic E-state index is 12.3. The van der Waals surface area contributed by atoms with E-state index in [9.17, 15) is 4.79 Å². The molecule has 0 radical (unpaired) electrons. The highest BCUT2D eigenvalue weighted by Crippen LogP contribution is 2.39. The third-order valence-electron chi connectivity index (χ3n) is 4.17. The third kappa shape index (κ3) is 3.44. The Hall–Kier alpha value is -0.570. The van der Waals surface area contributed by atoms with Crippen molar-refractivity contribution in [2.75, 3.05) is 26.2 Å². The van der Waals surface area contributed by atoms with Crippen molar-refractivity contribution in [2.24, 2.45) is 17.8 Å². The van der Waals surface area contributed by atoms with Gasteiger partial charge in [-0.25, -0.2) is 0 Å². The fourth-order valence-electron chi connectivity index (χ4n) is 2.84. The molecule has 2 fully saturated rings. The minimum Gasteiger partial charge on any atom is -0.342 e. The molecule has 2 unspecified atom stereocenters. The third-order valence-corrected chi connectivity index (χ3v) is 4.17. The molecule has 0 aromatic carbocycles. The first-order chi connectivity index (χ1) is 8.22. The number of hydrogen-bond donors (Lipinski definition) is 1. The molecule has 2 aliphatic rings. The van der Waals surface area contributed by atoms with Crippen molar-refractivity contribution < 1.29 is 4.79 Å². The Morgan fingerprint density at radius 1 is 1.35 bits per heavy atom. The van der Waals surface area contributed by atoms with E-state index < -0.39 is 0 Å². The van der Waals surface area contributed by atoms with Crippen molar-refractivity contribution >= 4 is 5.91 Å². The predicted molar refractivity (Wildman–Crippen MR) is 69.7 cm³/mol. The topological polar surface area (TPSA) is 32.3 Å². The molecule has 1 N–H and O–H groups in total. The Balaban J connectivity index is 1.84. The van der Waals surface area contributed by atoms with E-state index in [2.05, 4.69) is 24.1 Å². The number of nitrogens with one attached hydrogen (secondary N) is 1. The van der Waals surface area contributed by atoms with Crippen LogP contribution in [0.1, 0.15) is 39.5 Å². The molecule has 1 saturated heterocycles. The monoisotopic (exact) mass is 238 g/mol. The normalized spacial score (nSPS) is 29.1. The highest BCUT2D eigenvalue weighted by Gasteiger charge is 2.41. The lowest BCUT2D eigenvalue weighted by Crippen LogP contribution is -2.40. The zero-order valence-corrected chi connectivity index (χ0v) is 11.2. The van der Waals surface area contributed by atoms with Crippen LogP contribution in [0.4, 0.5) is 0 Å². The molecule has 17 heavy (non-hydrogen) atoms. The lowest BCUT2D eigenvalue weighted by molar-refractivity contribution is -0.133. The number of carbonyl (C=O) groups excluding carboxylic acids is 1. The van der Waals surface area contributed by atoms with Gasteiger partial charge in [-0.3, -0.25) is 4.79 Å². The van der Waals surface area contributed by atoms with Gasteiger partial charge in [-0.15, -0.1) is 0 Å². The number of amides is 1. The summed E-state index contributed by atoms with van der Waals surface area (Å²) in [7, 11) is 0. The van der Waals surface area contributed by atoms with Crippen LogP contribution in [0.5, 0.6) is 0 Å². The first kappa shape index (κ1) is 12.9. The molecule has 0 aromatic heterocycles. The largest absolute Gasteiger partial charge is 0.342 e. The van der Waals surface area contributed by atoms with E-state index in [0.29, 0.717) is 17.7 Å². The van der Waals surface area contributed by atoms with Crippen molar-refractivity contribution in [3.63, 3.8) is 0 Å². The van der Waals surface area contributed by atoms with Crippen LogP contribution in [0.2, 0.25) is 0 Å². The lowest BCUT2D eigenvalue weighted by Gasteiger charge is -2.30. The first-order valence-corrected chi connectivity index (χ1v) is 7.22. The van der Waals surface area contributed by atoms with Crippen molar-refractivity contribution in [3.05, 3.63) is 0 Å². The fraction of sp³-hybridized carbons (Fsp3) is 0.929. The second-order valence-electron chi connectivity index (χ2n) is 5.80. The lowest BCUT2D eigenvalue weighted by atomic mass is 9.97. The van der Waals surface area contributed by atoms with Gasteiger partial charge in [0.25, 0.3) is 0 Å². The summed E-state index contributed by atoms with van der Waals surface area (Å²) in [4.78, 5) is 14.4. The maximum atomic E-state index is 12.3. The Morgan fingerprint density at radius 3 is 2.53 bits per heavy atom. The van der Waals surface area contributed by atoms with Crippen molar-refractivity contribution in [2.45, 2.75) is 39.5 Å². The Labute approximate surface area is 105 Å². The van der Waals surface area contributed by atoms with E-state index in [1.807, 2.05) is 0 Å². The Bertz CT molecular complexity index is 261. The molecule has 1 aliphatic heterocycles. The maximum Gasteiger partial charge on any atom is 0.225 e. The number of nitrogens with zero attached hydrogens (tertiary/aromatic N) is 1. The van der Waals surface area contributed by atoms with Gasteiger partial charge in [-0.1, -0.05) is 13.8 Å². The standard InChI is InChI=1S/C14H26N2O/c1-3-8-16(14(17)13-9-11(13)2)10-12-4-6-15-7-5-12/h11-13,15H,3-10H2,1-2H3. The van der Waals surface area contributed by atoms with E-state index >= 15 is 0 Å². The van der Waals surface area contributed by atoms with Crippen LogP contribution < -0.4 is 5.32 Å². The molecule has 0 aromatic rings. The summed E-state index contributed by atoms with van der Waals surface area (Å²) in [6, 6.07) is 0. The molecule has 0 bridgehead atoms. The molecule has 1 amide bonds. The van der Waals surface area contributed by atoms with Gasteiger partial charge < -0.3 is 10.2 Å². The minimum atomic E-state index is 0.350. The van der Waals surface area contributed by atoms with Gasteiger partial charge in [0, 0.05) is 19.0 Å². The molecule has 2 rings (SSSR count). The average Bonchev–Trinajstić information content (AvgIpc) is 3.06. The van der Waals surface area contributed by atoms with Gasteiger partial charge in [-0.2, -0.15) is 0 Å². The van der Waals surface area contributed by atoms with E-state index in [1.54, 1.807) is 0 Å². The second kappa shape index (κ2) is 5.85. The molecule has 3 nitrogen and oxygen atoms in total. The Kier molecular flexibility index (Phi) is 4.43. The summed E-state index contributed by atoms with van der Waals surface area (Å²) < 4.78 is 0. The quantitative estimate of drug-likeness (QED) is 0.793. The van der Waals surface area contributed by atoms with Crippen LogP contribution in [0.25, 0.3) is 0 Å². The average molecular weight is 238 g/mol. The van der Waals surface area contributed by atoms with Gasteiger partial charge in [0.1, 0.15) is 0 Å². The van der Waals surface area contributed by atoms with Gasteiger partial charge >= 0.3 is 0 Å². The summed E-state index contributed by atoms with van der Waals surface area (Å²) in [5.41, 5.74) is 0. The molecule has 3 heteroatoms. The van der Waals surface area contributed by atoms with Crippen LogP contribution >= 0.6 is 0 Å². The minimum absolute atomic E-state index is 0.350. The Morgan fingerprint density at radius 2 is 2.00 bits per heavy atom. The number of rotatable bonds is 5. The summed E-state index contributed by atoms with van der Waals surface area (Å²) in [5.74, 6) is 2.14. The zero-order chi connectivity index (χ0) is 12.3. The molecule has 1 aliphatic carbocycles. The highest BCUT2D eigenvalue weighted by atomic mass is 16.2. The van der Waals surface area contributed by atoms with E-state index in [0.717, 1.165) is 44.9 Å². The SMILES string of the molecule is CCCN(CC1CCNCC1)C(=O)C1CC1C. The van der Waals surface area contributed by atoms with E-state index in [4.69, 9.17) is 0 Å². The summed E-state index contributed by atoms with van der Waals surface area (Å²) in [6.07, 6.45) is 4.66. The van der Waals surface area contributed by atoms with Crippen LogP contribution in [-0.2, 0) is 4.79 Å². The number of hydrogen-bond acceptors (Lipinski definition) is 2. The fourth-order valence-corrected chi connectivity index (χ4v) is 2.84. The molecule has 1 saturated carbocycles. The van der Waals surface area contributed by atoms with Crippen LogP contribution in [0.3, 0.4) is 0 Å². The van der Waals surface area contributed by atoms with Gasteiger partial charge in [-0.05, 0) is 50.6 Å². The summed E-state index contributed by atoms with van der Waals surface area (Å²) in [6.45, 7) is 8.55.